The summed E-state index contributed by atoms with van der Waals surface area (Å²) in [5, 5.41) is 11.1. The predicted molar refractivity (Wildman–Crippen MR) is 55.0 cm³/mol. The monoisotopic (exact) mass is 206 g/mol. The Labute approximate surface area is 87.7 Å². The maximum Gasteiger partial charge on any atom is 0.0964 e. The van der Waals surface area contributed by atoms with Crippen LogP contribution in [0.2, 0.25) is 0 Å². The number of imidazole rings is 1. The van der Waals surface area contributed by atoms with Gasteiger partial charge in [0.2, 0.25) is 0 Å². The van der Waals surface area contributed by atoms with Gasteiger partial charge in [-0.15, -0.1) is 5.10 Å². The second kappa shape index (κ2) is 4.70. The molecule has 0 radical (unpaired) electrons. The van der Waals surface area contributed by atoms with Crippen LogP contribution in [0.5, 0.6) is 0 Å². The second-order valence-corrected chi connectivity index (χ2v) is 3.39. The average Bonchev–Trinajstić information content (AvgIpc) is 2.84. The maximum absolute atomic E-state index is 3.98. The average molecular weight is 206 g/mol. The number of H-pyrrole nitrogens is 1. The molecule has 2 rings (SSSR count). The molecule has 0 saturated heterocycles. The van der Waals surface area contributed by atoms with Crippen LogP contribution in [-0.2, 0) is 20.0 Å². The molecule has 0 unspecified atom stereocenters. The Morgan fingerprint density at radius 2 is 2.47 bits per heavy atom. The number of hydrogen-bond acceptors (Lipinski definition) is 4. The molecule has 80 valence electrons. The van der Waals surface area contributed by atoms with Gasteiger partial charge in [-0.05, 0) is 0 Å². The van der Waals surface area contributed by atoms with E-state index in [1.165, 1.54) is 0 Å². The van der Waals surface area contributed by atoms with Gasteiger partial charge >= 0.3 is 0 Å². The highest BCUT2D eigenvalue weighted by molar-refractivity contribution is 4.95. The van der Waals surface area contributed by atoms with E-state index in [9.17, 15) is 0 Å². The zero-order valence-corrected chi connectivity index (χ0v) is 8.64. The Morgan fingerprint density at radius 3 is 3.13 bits per heavy atom. The van der Waals surface area contributed by atoms with Gasteiger partial charge in [-0.1, -0.05) is 5.21 Å². The summed E-state index contributed by atoms with van der Waals surface area (Å²) in [5.74, 6) is 0. The lowest BCUT2D eigenvalue weighted by Gasteiger charge is -1.99. The van der Waals surface area contributed by atoms with Gasteiger partial charge in [0, 0.05) is 44.6 Å². The van der Waals surface area contributed by atoms with Crippen molar-refractivity contribution in [2.75, 3.05) is 6.54 Å². The minimum absolute atomic E-state index is 0.752. The van der Waals surface area contributed by atoms with Gasteiger partial charge in [0.05, 0.1) is 12.0 Å². The van der Waals surface area contributed by atoms with E-state index in [0.29, 0.717) is 0 Å². The van der Waals surface area contributed by atoms with Crippen molar-refractivity contribution in [1.82, 2.24) is 30.3 Å². The molecule has 2 aromatic rings. The van der Waals surface area contributed by atoms with E-state index in [-0.39, 0.29) is 0 Å². The zero-order valence-electron chi connectivity index (χ0n) is 8.64. The summed E-state index contributed by atoms with van der Waals surface area (Å²) >= 11 is 0. The normalized spacial score (nSPS) is 10.7. The quantitative estimate of drug-likeness (QED) is 0.668. The van der Waals surface area contributed by atoms with Crippen molar-refractivity contribution in [2.24, 2.45) is 7.05 Å². The molecule has 2 heterocycles. The van der Waals surface area contributed by atoms with Crippen molar-refractivity contribution < 1.29 is 0 Å². The van der Waals surface area contributed by atoms with E-state index in [2.05, 4.69) is 25.6 Å². The number of nitrogens with zero attached hydrogens (tertiary/aromatic N) is 4. The van der Waals surface area contributed by atoms with Gasteiger partial charge in [-0.25, -0.2) is 4.98 Å². The van der Waals surface area contributed by atoms with Crippen LogP contribution in [0.4, 0.5) is 0 Å². The largest absolute Gasteiger partial charge is 0.348 e. The molecule has 2 N–H and O–H groups in total. The molecule has 15 heavy (non-hydrogen) atoms. The maximum atomic E-state index is 3.98. The number of aryl methyl sites for hydroxylation is 1. The van der Waals surface area contributed by atoms with Crippen LogP contribution in [-0.4, -0.2) is 31.5 Å². The van der Waals surface area contributed by atoms with Crippen LogP contribution in [0.3, 0.4) is 0 Å². The fourth-order valence-electron chi connectivity index (χ4n) is 1.34. The Hall–Kier alpha value is -1.69. The van der Waals surface area contributed by atoms with Gasteiger partial charge < -0.3 is 10.3 Å². The topological polar surface area (TPSA) is 71.4 Å². The predicted octanol–water partition coefficient (Wildman–Crippen LogP) is -0.130. The van der Waals surface area contributed by atoms with Crippen LogP contribution in [0.1, 0.15) is 11.4 Å². The molecule has 0 aromatic carbocycles. The van der Waals surface area contributed by atoms with Crippen LogP contribution in [0.15, 0.2) is 18.7 Å². The lowest BCUT2D eigenvalue weighted by molar-refractivity contribution is 0.665. The first-order valence-electron chi connectivity index (χ1n) is 4.88. The molecular formula is C9H14N6. The van der Waals surface area contributed by atoms with Gasteiger partial charge in [0.15, 0.2) is 0 Å². The molecule has 0 aliphatic carbocycles. The Morgan fingerprint density at radius 1 is 1.53 bits per heavy atom. The highest BCUT2D eigenvalue weighted by Crippen LogP contribution is 1.92. The van der Waals surface area contributed by atoms with Crippen molar-refractivity contribution in [3.8, 4) is 0 Å². The third-order valence-corrected chi connectivity index (χ3v) is 2.08. The summed E-state index contributed by atoms with van der Waals surface area (Å²) in [7, 11) is 1.86. The minimum atomic E-state index is 0.752. The minimum Gasteiger partial charge on any atom is -0.348 e. The molecule has 0 saturated carbocycles. The van der Waals surface area contributed by atoms with Crippen molar-refractivity contribution in [1.29, 1.82) is 0 Å². The molecule has 2 aromatic heterocycles. The Bertz CT molecular complexity index is 390. The van der Waals surface area contributed by atoms with Crippen molar-refractivity contribution in [3.63, 3.8) is 0 Å². The van der Waals surface area contributed by atoms with Gasteiger partial charge in [-0.3, -0.25) is 4.68 Å². The third kappa shape index (κ3) is 2.88. The molecule has 6 heteroatoms. The summed E-state index contributed by atoms with van der Waals surface area (Å²) < 4.78 is 1.70. The first-order chi connectivity index (χ1) is 7.34. The van der Waals surface area contributed by atoms with Gasteiger partial charge in [0.25, 0.3) is 0 Å². The molecule has 0 fully saturated rings. The highest BCUT2D eigenvalue weighted by atomic mass is 15.4. The van der Waals surface area contributed by atoms with E-state index >= 15 is 0 Å². The fraction of sp³-hybridized carbons (Fsp3) is 0.444. The van der Waals surface area contributed by atoms with Gasteiger partial charge in [-0.2, -0.15) is 0 Å². The van der Waals surface area contributed by atoms with E-state index in [1.54, 1.807) is 11.0 Å². The summed E-state index contributed by atoms with van der Waals surface area (Å²) in [4.78, 5) is 7.01. The van der Waals surface area contributed by atoms with E-state index in [4.69, 9.17) is 0 Å². The van der Waals surface area contributed by atoms with E-state index in [1.807, 2.05) is 19.4 Å². The Balaban J connectivity index is 1.67. The standard InChI is InChI=1S/C9H14N6/c1-15-6-9(13-14-15)5-10-3-2-8-4-11-7-12-8/h4,6-7,10H,2-3,5H2,1H3,(H,11,12). The molecule has 0 amide bonds. The number of aromatic amines is 1. The number of hydrogen-bond donors (Lipinski definition) is 2. The Kier molecular flexibility index (Phi) is 3.08. The molecule has 0 aliphatic rings. The number of aromatic nitrogens is 5. The molecule has 0 aliphatic heterocycles. The van der Waals surface area contributed by atoms with Crippen molar-refractivity contribution in [3.05, 3.63) is 30.1 Å². The van der Waals surface area contributed by atoms with Crippen molar-refractivity contribution in [2.45, 2.75) is 13.0 Å². The molecule has 6 nitrogen and oxygen atoms in total. The summed E-state index contributed by atoms with van der Waals surface area (Å²) in [6, 6.07) is 0. The van der Waals surface area contributed by atoms with Crippen LogP contribution in [0.25, 0.3) is 0 Å². The van der Waals surface area contributed by atoms with E-state index < -0.39 is 0 Å². The highest BCUT2D eigenvalue weighted by Gasteiger charge is 1.97. The molecule has 0 spiro atoms. The lowest BCUT2D eigenvalue weighted by Crippen LogP contribution is -2.17. The molecule has 0 bridgehead atoms. The second-order valence-electron chi connectivity index (χ2n) is 3.39. The van der Waals surface area contributed by atoms with E-state index in [0.717, 1.165) is 30.9 Å². The number of nitrogens with one attached hydrogen (secondary N) is 2. The summed E-state index contributed by atoms with van der Waals surface area (Å²) in [5.41, 5.74) is 2.10. The third-order valence-electron chi connectivity index (χ3n) is 2.08. The lowest BCUT2D eigenvalue weighted by atomic mass is 10.3. The zero-order chi connectivity index (χ0) is 10.5. The molecular weight excluding hydrogens is 192 g/mol. The molecule has 0 atom stereocenters. The van der Waals surface area contributed by atoms with Gasteiger partial charge in [0.1, 0.15) is 0 Å². The summed E-state index contributed by atoms with van der Waals surface area (Å²) in [6.45, 7) is 1.65. The van der Waals surface area contributed by atoms with Crippen LogP contribution in [0, 0.1) is 0 Å². The first-order valence-corrected chi connectivity index (χ1v) is 4.88. The smallest absolute Gasteiger partial charge is 0.0964 e. The first kappa shape index (κ1) is 9.85. The summed E-state index contributed by atoms with van der Waals surface area (Å²) in [6.07, 6.45) is 6.38. The fourth-order valence-corrected chi connectivity index (χ4v) is 1.34. The van der Waals surface area contributed by atoms with Crippen LogP contribution >= 0.6 is 0 Å². The number of rotatable bonds is 5. The van der Waals surface area contributed by atoms with Crippen LogP contribution < -0.4 is 5.32 Å². The SMILES string of the molecule is Cn1cc(CNCCc2cnc[nH]2)nn1. The van der Waals surface area contributed by atoms with Crippen molar-refractivity contribution >= 4 is 0 Å².